The van der Waals surface area contributed by atoms with Crippen molar-refractivity contribution < 1.29 is 15.0 Å². The molecule has 0 aliphatic carbocycles. The SMILES string of the molecule is Cc1cccc(O)c1C.O=Cc1ccccc1O. The molecule has 2 rings (SSSR count). The Morgan fingerprint density at radius 2 is 1.50 bits per heavy atom. The van der Waals surface area contributed by atoms with Gasteiger partial charge in [0.05, 0.1) is 5.56 Å². The molecule has 0 aliphatic rings. The zero-order valence-corrected chi connectivity index (χ0v) is 10.4. The zero-order chi connectivity index (χ0) is 13.5. The van der Waals surface area contributed by atoms with Crippen molar-refractivity contribution in [2.75, 3.05) is 0 Å². The van der Waals surface area contributed by atoms with Gasteiger partial charge in [-0.3, -0.25) is 4.79 Å². The molecule has 0 fully saturated rings. The van der Waals surface area contributed by atoms with Crippen molar-refractivity contribution in [1.82, 2.24) is 0 Å². The van der Waals surface area contributed by atoms with Crippen LogP contribution in [0.1, 0.15) is 21.5 Å². The van der Waals surface area contributed by atoms with E-state index in [1.807, 2.05) is 26.0 Å². The highest BCUT2D eigenvalue weighted by Gasteiger charge is 1.94. The molecule has 2 aromatic rings. The first-order chi connectivity index (χ1) is 8.56. The maximum absolute atomic E-state index is 10.1. The Morgan fingerprint density at radius 1 is 0.889 bits per heavy atom. The lowest BCUT2D eigenvalue weighted by atomic mass is 10.1. The molecule has 3 heteroatoms. The van der Waals surface area contributed by atoms with Gasteiger partial charge in [-0.05, 0) is 43.2 Å². The standard InChI is InChI=1S/C8H10O.C7H6O2/c1-6-4-3-5-8(9)7(6)2;8-5-6-3-1-2-4-7(6)9/h3-5,9H,1-2H3;1-5,9H. The van der Waals surface area contributed by atoms with Crippen molar-refractivity contribution in [2.45, 2.75) is 13.8 Å². The molecule has 2 aromatic carbocycles. The Balaban J connectivity index is 0.000000180. The van der Waals surface area contributed by atoms with Gasteiger partial charge in [-0.2, -0.15) is 0 Å². The normalized spacial score (nSPS) is 9.22. The maximum Gasteiger partial charge on any atom is 0.153 e. The maximum atomic E-state index is 10.1. The summed E-state index contributed by atoms with van der Waals surface area (Å²) in [4.78, 5) is 10.1. The molecule has 2 N–H and O–H groups in total. The number of benzene rings is 2. The summed E-state index contributed by atoms with van der Waals surface area (Å²) in [6.45, 7) is 3.89. The number of aryl methyl sites for hydroxylation is 1. The number of rotatable bonds is 1. The second-order valence-corrected chi connectivity index (χ2v) is 3.90. The number of hydrogen-bond acceptors (Lipinski definition) is 3. The average molecular weight is 244 g/mol. The van der Waals surface area contributed by atoms with Gasteiger partial charge in [-0.15, -0.1) is 0 Å². The van der Waals surface area contributed by atoms with Crippen LogP contribution < -0.4 is 0 Å². The van der Waals surface area contributed by atoms with Gasteiger partial charge in [0, 0.05) is 0 Å². The fraction of sp³-hybridized carbons (Fsp3) is 0.133. The third-order valence-corrected chi connectivity index (χ3v) is 2.64. The monoisotopic (exact) mass is 244 g/mol. The molecule has 0 saturated carbocycles. The second kappa shape index (κ2) is 6.45. The summed E-state index contributed by atoms with van der Waals surface area (Å²) in [6, 6.07) is 11.9. The lowest BCUT2D eigenvalue weighted by molar-refractivity contribution is 0.112. The topological polar surface area (TPSA) is 57.5 Å². The molecule has 0 saturated heterocycles. The van der Waals surface area contributed by atoms with Crippen molar-refractivity contribution in [1.29, 1.82) is 0 Å². The van der Waals surface area contributed by atoms with Gasteiger partial charge >= 0.3 is 0 Å². The van der Waals surface area contributed by atoms with Crippen LogP contribution in [0.4, 0.5) is 0 Å². The highest BCUT2D eigenvalue weighted by atomic mass is 16.3. The van der Waals surface area contributed by atoms with E-state index in [-0.39, 0.29) is 5.75 Å². The van der Waals surface area contributed by atoms with E-state index in [1.54, 1.807) is 24.3 Å². The summed E-state index contributed by atoms with van der Waals surface area (Å²) in [5.74, 6) is 0.419. The number of aldehydes is 1. The minimum atomic E-state index is 0.0347. The number of para-hydroxylation sites is 1. The molecule has 0 aliphatic heterocycles. The highest BCUT2D eigenvalue weighted by molar-refractivity contribution is 5.78. The minimum Gasteiger partial charge on any atom is -0.508 e. The van der Waals surface area contributed by atoms with E-state index in [0.29, 0.717) is 17.6 Å². The van der Waals surface area contributed by atoms with Crippen LogP contribution in [0.5, 0.6) is 11.5 Å². The summed E-state index contributed by atoms with van der Waals surface area (Å²) >= 11 is 0. The number of phenols is 2. The fourth-order valence-electron chi connectivity index (χ4n) is 1.32. The summed E-state index contributed by atoms with van der Waals surface area (Å²) in [5.41, 5.74) is 2.44. The molecule has 0 unspecified atom stereocenters. The first kappa shape index (κ1) is 13.8. The Labute approximate surface area is 106 Å². The van der Waals surface area contributed by atoms with E-state index < -0.39 is 0 Å². The molecule has 0 heterocycles. The number of aromatic hydroxyl groups is 2. The summed E-state index contributed by atoms with van der Waals surface area (Å²) in [7, 11) is 0. The fourth-order valence-corrected chi connectivity index (χ4v) is 1.32. The molecule has 0 aromatic heterocycles. The molecule has 3 nitrogen and oxygen atoms in total. The molecule has 0 amide bonds. The first-order valence-corrected chi connectivity index (χ1v) is 5.54. The Hall–Kier alpha value is -2.29. The van der Waals surface area contributed by atoms with Crippen LogP contribution in [-0.2, 0) is 0 Å². The molecular weight excluding hydrogens is 228 g/mol. The van der Waals surface area contributed by atoms with Crippen molar-refractivity contribution >= 4 is 6.29 Å². The van der Waals surface area contributed by atoms with E-state index in [0.717, 1.165) is 11.1 Å². The number of carbonyl (C=O) groups excluding carboxylic acids is 1. The van der Waals surface area contributed by atoms with Crippen LogP contribution in [0.25, 0.3) is 0 Å². The molecule has 0 spiro atoms. The third kappa shape index (κ3) is 3.63. The highest BCUT2D eigenvalue weighted by Crippen LogP contribution is 2.17. The van der Waals surface area contributed by atoms with Gasteiger partial charge in [-0.25, -0.2) is 0 Å². The molecule has 0 atom stereocenters. The first-order valence-electron chi connectivity index (χ1n) is 5.54. The van der Waals surface area contributed by atoms with Gasteiger partial charge < -0.3 is 10.2 Å². The van der Waals surface area contributed by atoms with E-state index in [1.165, 1.54) is 6.07 Å². The van der Waals surface area contributed by atoms with Crippen molar-refractivity contribution in [3.8, 4) is 11.5 Å². The second-order valence-electron chi connectivity index (χ2n) is 3.90. The molecule has 18 heavy (non-hydrogen) atoms. The number of hydrogen-bond donors (Lipinski definition) is 2. The van der Waals surface area contributed by atoms with Gasteiger partial charge in [0.15, 0.2) is 6.29 Å². The van der Waals surface area contributed by atoms with Crippen LogP contribution in [0.15, 0.2) is 42.5 Å². The largest absolute Gasteiger partial charge is 0.508 e. The lowest BCUT2D eigenvalue weighted by Gasteiger charge is -1.99. The van der Waals surface area contributed by atoms with E-state index >= 15 is 0 Å². The van der Waals surface area contributed by atoms with E-state index in [9.17, 15) is 4.79 Å². The predicted octanol–water partition coefficient (Wildman–Crippen LogP) is 3.21. The van der Waals surface area contributed by atoms with Gasteiger partial charge in [0.2, 0.25) is 0 Å². The molecule has 0 bridgehead atoms. The molecule has 94 valence electrons. The van der Waals surface area contributed by atoms with Gasteiger partial charge in [0.25, 0.3) is 0 Å². The molecule has 0 radical (unpaired) electrons. The van der Waals surface area contributed by atoms with Crippen LogP contribution in [-0.4, -0.2) is 16.5 Å². The van der Waals surface area contributed by atoms with Crippen molar-refractivity contribution in [3.05, 3.63) is 59.2 Å². The summed E-state index contributed by atoms with van der Waals surface area (Å²) in [6.07, 6.45) is 0.620. The number of carbonyl (C=O) groups is 1. The Kier molecular flexibility index (Phi) is 4.93. The molecular formula is C15H16O3. The zero-order valence-electron chi connectivity index (χ0n) is 10.4. The van der Waals surface area contributed by atoms with Crippen LogP contribution in [0.3, 0.4) is 0 Å². The Morgan fingerprint density at radius 3 is 1.94 bits per heavy atom. The van der Waals surface area contributed by atoms with Gasteiger partial charge in [0.1, 0.15) is 11.5 Å². The van der Waals surface area contributed by atoms with Crippen LogP contribution in [0.2, 0.25) is 0 Å². The quantitative estimate of drug-likeness (QED) is 0.757. The van der Waals surface area contributed by atoms with Crippen molar-refractivity contribution in [2.24, 2.45) is 0 Å². The van der Waals surface area contributed by atoms with Gasteiger partial charge in [-0.1, -0.05) is 24.3 Å². The predicted molar refractivity (Wildman–Crippen MR) is 71.1 cm³/mol. The minimum absolute atomic E-state index is 0.0347. The summed E-state index contributed by atoms with van der Waals surface area (Å²) in [5, 5.41) is 18.0. The summed E-state index contributed by atoms with van der Waals surface area (Å²) < 4.78 is 0. The average Bonchev–Trinajstić information content (AvgIpc) is 2.37. The smallest absolute Gasteiger partial charge is 0.153 e. The van der Waals surface area contributed by atoms with Crippen LogP contribution in [0, 0.1) is 13.8 Å². The number of phenolic OH excluding ortho intramolecular Hbond substituents is 2. The third-order valence-electron chi connectivity index (χ3n) is 2.64. The lowest BCUT2D eigenvalue weighted by Crippen LogP contribution is -1.78. The Bertz CT molecular complexity index is 513. The van der Waals surface area contributed by atoms with E-state index in [2.05, 4.69) is 0 Å². The van der Waals surface area contributed by atoms with Crippen molar-refractivity contribution in [3.63, 3.8) is 0 Å². The van der Waals surface area contributed by atoms with Crippen LogP contribution >= 0.6 is 0 Å². The van der Waals surface area contributed by atoms with E-state index in [4.69, 9.17) is 10.2 Å².